The van der Waals surface area contributed by atoms with Crippen molar-refractivity contribution >= 4 is 11.8 Å². The lowest BCUT2D eigenvalue weighted by Crippen LogP contribution is -2.59. The molecule has 0 N–H and O–H groups in total. The molecule has 0 radical (unpaired) electrons. The Morgan fingerprint density at radius 1 is 1.24 bits per heavy atom. The minimum atomic E-state index is -0.607. The average Bonchev–Trinajstić information content (AvgIpc) is 3.10. The van der Waals surface area contributed by atoms with Gasteiger partial charge in [-0.15, -0.1) is 0 Å². The number of hydrogen-bond acceptors (Lipinski definition) is 4. The standard InChI is InChI=1S/C21H29NO3/c1-3-9-17-16(4-2)20(23)19(18-12-8-13-22(17)18)21(24)25-14-15-10-6-5-7-11-15/h5-7,10-11,16-19H,3-4,8-9,12-14H2,1-2H3/t16-,17-,18-,19-/m1/s1. The molecule has 0 amide bonds. The van der Waals surface area contributed by atoms with Gasteiger partial charge in [-0.25, -0.2) is 0 Å². The Balaban J connectivity index is 1.75. The Morgan fingerprint density at radius 3 is 2.68 bits per heavy atom. The van der Waals surface area contributed by atoms with E-state index in [1.807, 2.05) is 30.3 Å². The number of nitrogens with zero attached hydrogens (tertiary/aromatic N) is 1. The van der Waals surface area contributed by atoms with Crippen molar-refractivity contribution in [1.82, 2.24) is 4.90 Å². The maximum atomic E-state index is 13.1. The molecule has 0 bridgehead atoms. The quantitative estimate of drug-likeness (QED) is 0.585. The van der Waals surface area contributed by atoms with Gasteiger partial charge in [0.25, 0.3) is 0 Å². The fraction of sp³-hybridized carbons (Fsp3) is 0.619. The first-order valence-corrected chi connectivity index (χ1v) is 9.67. The number of ether oxygens (including phenoxy) is 1. The summed E-state index contributed by atoms with van der Waals surface area (Å²) in [6.45, 7) is 5.48. The molecular formula is C21H29NO3. The van der Waals surface area contributed by atoms with Crippen molar-refractivity contribution in [2.24, 2.45) is 11.8 Å². The van der Waals surface area contributed by atoms with Crippen molar-refractivity contribution < 1.29 is 14.3 Å². The highest BCUT2D eigenvalue weighted by atomic mass is 16.5. The first-order valence-electron chi connectivity index (χ1n) is 9.67. The van der Waals surface area contributed by atoms with Gasteiger partial charge in [0.1, 0.15) is 12.5 Å². The van der Waals surface area contributed by atoms with Gasteiger partial charge in [0.15, 0.2) is 5.78 Å². The molecule has 4 atom stereocenters. The van der Waals surface area contributed by atoms with Crippen LogP contribution in [-0.4, -0.2) is 35.3 Å². The highest BCUT2D eigenvalue weighted by molar-refractivity contribution is 6.02. The minimum absolute atomic E-state index is 0.0372. The number of carbonyl (C=O) groups is 2. The molecule has 4 nitrogen and oxygen atoms in total. The van der Waals surface area contributed by atoms with Gasteiger partial charge in [-0.1, -0.05) is 50.6 Å². The second-order valence-electron chi connectivity index (χ2n) is 7.29. The number of ketones is 1. The predicted molar refractivity (Wildman–Crippen MR) is 96.9 cm³/mol. The third kappa shape index (κ3) is 3.64. The zero-order valence-electron chi connectivity index (χ0n) is 15.3. The van der Waals surface area contributed by atoms with Crippen LogP contribution in [0.3, 0.4) is 0 Å². The molecule has 25 heavy (non-hydrogen) atoms. The fourth-order valence-corrected chi connectivity index (χ4v) is 4.65. The van der Waals surface area contributed by atoms with Gasteiger partial charge in [0.05, 0.1) is 0 Å². The fourth-order valence-electron chi connectivity index (χ4n) is 4.65. The minimum Gasteiger partial charge on any atom is -0.460 e. The van der Waals surface area contributed by atoms with Crippen molar-refractivity contribution in [3.63, 3.8) is 0 Å². The number of esters is 1. The predicted octanol–water partition coefficient (Wildman–Crippen LogP) is 3.59. The highest BCUT2D eigenvalue weighted by Crippen LogP contribution is 2.39. The summed E-state index contributed by atoms with van der Waals surface area (Å²) in [6, 6.07) is 10.00. The molecule has 4 heteroatoms. The highest BCUT2D eigenvalue weighted by Gasteiger charge is 2.52. The molecule has 1 aromatic carbocycles. The Kier molecular flexibility index (Phi) is 5.89. The van der Waals surface area contributed by atoms with E-state index in [0.717, 1.165) is 44.2 Å². The van der Waals surface area contributed by atoms with Crippen LogP contribution < -0.4 is 0 Å². The van der Waals surface area contributed by atoms with Crippen molar-refractivity contribution in [1.29, 1.82) is 0 Å². The third-order valence-electron chi connectivity index (χ3n) is 5.79. The monoisotopic (exact) mass is 343 g/mol. The number of carbonyl (C=O) groups excluding carboxylic acids is 2. The molecular weight excluding hydrogens is 314 g/mol. The molecule has 0 spiro atoms. The topological polar surface area (TPSA) is 46.6 Å². The van der Waals surface area contributed by atoms with E-state index in [1.54, 1.807) is 0 Å². The summed E-state index contributed by atoms with van der Waals surface area (Å²) in [6.07, 6.45) is 4.90. The summed E-state index contributed by atoms with van der Waals surface area (Å²) >= 11 is 0. The van der Waals surface area contributed by atoms with Crippen molar-refractivity contribution in [2.75, 3.05) is 6.54 Å². The summed E-state index contributed by atoms with van der Waals surface area (Å²) in [5.74, 6) is -0.867. The van der Waals surface area contributed by atoms with Gasteiger partial charge in [-0.05, 0) is 37.8 Å². The summed E-state index contributed by atoms with van der Waals surface area (Å²) in [5.41, 5.74) is 0.957. The van der Waals surface area contributed by atoms with E-state index < -0.39 is 5.92 Å². The number of hydrogen-bond donors (Lipinski definition) is 0. The lowest BCUT2D eigenvalue weighted by atomic mass is 9.75. The number of benzene rings is 1. The van der Waals surface area contributed by atoms with Crippen LogP contribution >= 0.6 is 0 Å². The lowest BCUT2D eigenvalue weighted by molar-refractivity contribution is -0.162. The largest absolute Gasteiger partial charge is 0.460 e. The Morgan fingerprint density at radius 2 is 2.00 bits per heavy atom. The van der Waals surface area contributed by atoms with Crippen molar-refractivity contribution in [2.45, 2.75) is 64.6 Å². The van der Waals surface area contributed by atoms with Crippen LogP contribution in [0.1, 0.15) is 51.5 Å². The van der Waals surface area contributed by atoms with Crippen LogP contribution in [0, 0.1) is 11.8 Å². The first kappa shape index (κ1) is 18.1. The van der Waals surface area contributed by atoms with E-state index in [2.05, 4.69) is 18.7 Å². The van der Waals surface area contributed by atoms with Gasteiger partial charge in [0, 0.05) is 18.0 Å². The van der Waals surface area contributed by atoms with Crippen LogP contribution in [0.2, 0.25) is 0 Å². The molecule has 3 rings (SSSR count). The van der Waals surface area contributed by atoms with E-state index in [1.165, 1.54) is 0 Å². The Hall–Kier alpha value is -1.68. The number of fused-ring (bicyclic) bond motifs is 1. The average molecular weight is 343 g/mol. The SMILES string of the molecule is CCC[C@@H]1[C@@H](CC)C(=O)[C@H](C(=O)OCc2ccccc2)[C@H]2CCCN21. The maximum absolute atomic E-state index is 13.1. The van der Waals surface area contributed by atoms with Crippen LogP contribution in [0.15, 0.2) is 30.3 Å². The smallest absolute Gasteiger partial charge is 0.318 e. The molecule has 2 fully saturated rings. The van der Waals surface area contributed by atoms with Crippen LogP contribution in [0.4, 0.5) is 0 Å². The zero-order valence-corrected chi connectivity index (χ0v) is 15.3. The molecule has 2 aliphatic heterocycles. The van der Waals surface area contributed by atoms with Gasteiger partial charge in [0.2, 0.25) is 0 Å². The zero-order chi connectivity index (χ0) is 17.8. The second kappa shape index (κ2) is 8.13. The van der Waals surface area contributed by atoms with Gasteiger partial charge < -0.3 is 4.74 Å². The summed E-state index contributed by atoms with van der Waals surface area (Å²) in [5, 5.41) is 0. The van der Waals surface area contributed by atoms with Crippen molar-refractivity contribution in [3.05, 3.63) is 35.9 Å². The molecule has 136 valence electrons. The molecule has 2 heterocycles. The van der Waals surface area contributed by atoms with E-state index in [-0.39, 0.29) is 30.3 Å². The van der Waals surface area contributed by atoms with E-state index >= 15 is 0 Å². The number of rotatable bonds is 6. The summed E-state index contributed by atoms with van der Waals surface area (Å²) in [7, 11) is 0. The van der Waals surface area contributed by atoms with Gasteiger partial charge >= 0.3 is 5.97 Å². The van der Waals surface area contributed by atoms with E-state index in [9.17, 15) is 9.59 Å². The lowest BCUT2D eigenvalue weighted by Gasteiger charge is -2.45. The normalized spacial score (nSPS) is 29.4. The molecule has 0 unspecified atom stereocenters. The molecule has 1 aromatic rings. The van der Waals surface area contributed by atoms with Crippen LogP contribution in [0.5, 0.6) is 0 Å². The van der Waals surface area contributed by atoms with E-state index in [0.29, 0.717) is 6.04 Å². The molecule has 2 aliphatic rings. The van der Waals surface area contributed by atoms with E-state index in [4.69, 9.17) is 4.74 Å². The maximum Gasteiger partial charge on any atom is 0.318 e. The van der Waals surface area contributed by atoms with Crippen LogP contribution in [0.25, 0.3) is 0 Å². The Bertz CT molecular complexity index is 600. The Labute approximate surface area is 150 Å². The second-order valence-corrected chi connectivity index (χ2v) is 7.29. The van der Waals surface area contributed by atoms with Gasteiger partial charge in [-0.3, -0.25) is 14.5 Å². The molecule has 0 saturated carbocycles. The van der Waals surface area contributed by atoms with Crippen molar-refractivity contribution in [3.8, 4) is 0 Å². The molecule has 2 saturated heterocycles. The number of piperidine rings is 1. The van der Waals surface area contributed by atoms with Gasteiger partial charge in [-0.2, -0.15) is 0 Å². The molecule has 0 aliphatic carbocycles. The summed E-state index contributed by atoms with van der Waals surface area (Å²) < 4.78 is 5.55. The summed E-state index contributed by atoms with van der Waals surface area (Å²) in [4.78, 5) is 28.3. The van der Waals surface area contributed by atoms with Crippen LogP contribution in [-0.2, 0) is 20.9 Å². The first-order chi connectivity index (χ1) is 12.2. The third-order valence-corrected chi connectivity index (χ3v) is 5.79. The number of Topliss-reactive ketones (excluding diaryl/α,β-unsaturated/α-hetero) is 1. The molecule has 0 aromatic heterocycles.